The van der Waals surface area contributed by atoms with Gasteiger partial charge in [0.05, 0.1) is 27.4 Å². The summed E-state index contributed by atoms with van der Waals surface area (Å²) in [5, 5.41) is 4.02. The Bertz CT molecular complexity index is 1170. The lowest BCUT2D eigenvalue weighted by atomic mass is 9.82. The van der Waals surface area contributed by atoms with Gasteiger partial charge < -0.3 is 5.32 Å². The largest absolute Gasteiger partial charge is 0.352 e. The topological polar surface area (TPSA) is 88.2 Å². The van der Waals surface area contributed by atoms with Gasteiger partial charge in [0.1, 0.15) is 0 Å². The summed E-state index contributed by atoms with van der Waals surface area (Å²) in [6.07, 6.45) is 6.78. The van der Waals surface area contributed by atoms with Gasteiger partial charge in [-0.25, -0.2) is 13.4 Å². The average Bonchev–Trinajstić information content (AvgIpc) is 3.15. The number of sulfonamides is 1. The van der Waals surface area contributed by atoms with Crippen LogP contribution in [0.4, 0.5) is 5.69 Å². The second kappa shape index (κ2) is 8.57. The summed E-state index contributed by atoms with van der Waals surface area (Å²) in [4.78, 5) is 17.8. The molecule has 0 fully saturated rings. The number of carbonyl (C=O) groups excluding carboxylic acids is 1. The number of para-hydroxylation sites is 1. The van der Waals surface area contributed by atoms with Crippen molar-refractivity contribution < 1.29 is 13.2 Å². The molecular formula is C22H23N3O3S2. The number of fused-ring (bicyclic) bond motifs is 1. The number of anilines is 1. The number of amides is 1. The normalized spacial score (nSPS) is 19.0. The molecule has 2 aromatic carbocycles. The maximum Gasteiger partial charge on any atom is 0.229 e. The summed E-state index contributed by atoms with van der Waals surface area (Å²) in [6, 6.07) is 15.1. The third kappa shape index (κ3) is 4.88. The van der Waals surface area contributed by atoms with Gasteiger partial charge in [-0.3, -0.25) is 9.52 Å². The van der Waals surface area contributed by atoms with Crippen LogP contribution in [-0.2, 0) is 21.4 Å². The van der Waals surface area contributed by atoms with E-state index >= 15 is 0 Å². The number of carbonyl (C=O) groups is 1. The molecule has 0 aliphatic heterocycles. The number of benzene rings is 2. The highest BCUT2D eigenvalue weighted by Gasteiger charge is 2.32. The van der Waals surface area contributed by atoms with Crippen LogP contribution in [0.15, 0.2) is 60.7 Å². The van der Waals surface area contributed by atoms with Crippen molar-refractivity contribution in [3.8, 4) is 0 Å². The van der Waals surface area contributed by atoms with E-state index in [1.807, 2.05) is 24.3 Å². The van der Waals surface area contributed by atoms with Crippen LogP contribution in [0.5, 0.6) is 0 Å². The molecule has 156 valence electrons. The quantitative estimate of drug-likeness (QED) is 0.565. The zero-order valence-corrected chi connectivity index (χ0v) is 18.2. The maximum absolute atomic E-state index is 13.0. The molecule has 0 radical (unpaired) electrons. The molecular weight excluding hydrogens is 418 g/mol. The molecule has 2 atom stereocenters. The van der Waals surface area contributed by atoms with Gasteiger partial charge >= 0.3 is 0 Å². The molecule has 1 aromatic heterocycles. The SMILES string of the molecule is CS(=O)(=O)Nc1cccc(CNC(=O)[C@@H]2CC=CC[C@@H]2c2nc3ccccc3s2)c1. The molecule has 0 bridgehead atoms. The highest BCUT2D eigenvalue weighted by molar-refractivity contribution is 7.92. The number of aromatic nitrogens is 1. The van der Waals surface area contributed by atoms with Gasteiger partial charge in [-0.2, -0.15) is 0 Å². The summed E-state index contributed by atoms with van der Waals surface area (Å²) in [5.74, 6) is -0.122. The van der Waals surface area contributed by atoms with Gasteiger partial charge in [-0.1, -0.05) is 36.4 Å². The van der Waals surface area contributed by atoms with Gasteiger partial charge in [0.2, 0.25) is 15.9 Å². The molecule has 1 heterocycles. The third-order valence-electron chi connectivity index (χ3n) is 5.09. The van der Waals surface area contributed by atoms with E-state index in [1.165, 1.54) is 0 Å². The van der Waals surface area contributed by atoms with E-state index in [0.29, 0.717) is 18.7 Å². The predicted octanol–water partition coefficient (Wildman–Crippen LogP) is 4.03. The molecule has 0 saturated heterocycles. The Morgan fingerprint density at radius 3 is 2.73 bits per heavy atom. The van der Waals surface area contributed by atoms with Crippen LogP contribution in [-0.4, -0.2) is 25.6 Å². The monoisotopic (exact) mass is 441 g/mol. The van der Waals surface area contributed by atoms with Crippen molar-refractivity contribution in [1.82, 2.24) is 10.3 Å². The van der Waals surface area contributed by atoms with E-state index in [2.05, 4.69) is 28.3 Å². The Balaban J connectivity index is 1.46. The molecule has 2 N–H and O–H groups in total. The number of thiazole rings is 1. The Kier molecular flexibility index (Phi) is 5.87. The highest BCUT2D eigenvalue weighted by atomic mass is 32.2. The molecule has 8 heteroatoms. The Hall–Kier alpha value is -2.71. The number of nitrogens with one attached hydrogen (secondary N) is 2. The van der Waals surface area contributed by atoms with Crippen LogP contribution in [0.2, 0.25) is 0 Å². The fourth-order valence-corrected chi connectivity index (χ4v) is 5.41. The maximum atomic E-state index is 13.0. The minimum Gasteiger partial charge on any atom is -0.352 e. The minimum absolute atomic E-state index is 0.00918. The molecule has 4 rings (SSSR count). The van der Waals surface area contributed by atoms with Crippen molar-refractivity contribution in [3.63, 3.8) is 0 Å². The summed E-state index contributed by atoms with van der Waals surface area (Å²) < 4.78 is 26.4. The van der Waals surface area contributed by atoms with Crippen molar-refractivity contribution in [1.29, 1.82) is 0 Å². The van der Waals surface area contributed by atoms with Gasteiger partial charge in [0.15, 0.2) is 0 Å². The van der Waals surface area contributed by atoms with Gasteiger partial charge in [0.25, 0.3) is 0 Å². The molecule has 3 aromatic rings. The second-order valence-corrected chi connectivity index (χ2v) is 10.3. The first-order valence-electron chi connectivity index (χ1n) is 9.74. The van der Waals surface area contributed by atoms with Crippen LogP contribution < -0.4 is 10.0 Å². The van der Waals surface area contributed by atoms with E-state index in [0.717, 1.165) is 33.5 Å². The van der Waals surface area contributed by atoms with Crippen molar-refractivity contribution in [3.05, 3.63) is 71.3 Å². The minimum atomic E-state index is -3.34. The van der Waals surface area contributed by atoms with E-state index < -0.39 is 10.0 Å². The summed E-state index contributed by atoms with van der Waals surface area (Å²) in [7, 11) is -3.34. The molecule has 0 unspecified atom stereocenters. The zero-order chi connectivity index (χ0) is 21.1. The first-order chi connectivity index (χ1) is 14.4. The Morgan fingerprint density at radius 1 is 1.13 bits per heavy atom. The predicted molar refractivity (Wildman–Crippen MR) is 121 cm³/mol. The average molecular weight is 442 g/mol. The number of rotatable bonds is 6. The number of hydrogen-bond donors (Lipinski definition) is 2. The lowest BCUT2D eigenvalue weighted by Gasteiger charge is -2.26. The molecule has 30 heavy (non-hydrogen) atoms. The third-order valence-corrected chi connectivity index (χ3v) is 6.87. The lowest BCUT2D eigenvalue weighted by Crippen LogP contribution is -2.34. The van der Waals surface area contributed by atoms with Crippen molar-refractivity contribution in [2.24, 2.45) is 5.92 Å². The van der Waals surface area contributed by atoms with E-state index in [9.17, 15) is 13.2 Å². The van der Waals surface area contributed by atoms with E-state index in [-0.39, 0.29) is 17.7 Å². The van der Waals surface area contributed by atoms with Crippen molar-refractivity contribution in [2.75, 3.05) is 11.0 Å². The fraction of sp³-hybridized carbons (Fsp3) is 0.273. The van der Waals surface area contributed by atoms with Gasteiger partial charge in [0, 0.05) is 18.2 Å². The zero-order valence-electron chi connectivity index (χ0n) is 16.5. The van der Waals surface area contributed by atoms with Crippen molar-refractivity contribution in [2.45, 2.75) is 25.3 Å². The van der Waals surface area contributed by atoms with Gasteiger partial charge in [-0.15, -0.1) is 11.3 Å². The van der Waals surface area contributed by atoms with Crippen LogP contribution in [0.3, 0.4) is 0 Å². The number of allylic oxidation sites excluding steroid dienone is 2. The molecule has 1 aliphatic carbocycles. The molecule has 0 spiro atoms. The molecule has 6 nitrogen and oxygen atoms in total. The molecule has 1 aliphatic rings. The Labute approximate surface area is 180 Å². The van der Waals surface area contributed by atoms with Crippen LogP contribution in [0.25, 0.3) is 10.2 Å². The lowest BCUT2D eigenvalue weighted by molar-refractivity contribution is -0.125. The van der Waals surface area contributed by atoms with E-state index in [4.69, 9.17) is 4.98 Å². The van der Waals surface area contributed by atoms with Crippen LogP contribution in [0, 0.1) is 5.92 Å². The van der Waals surface area contributed by atoms with Crippen LogP contribution in [0.1, 0.15) is 29.3 Å². The molecule has 1 amide bonds. The summed E-state index contributed by atoms with van der Waals surface area (Å²) in [6.45, 7) is 0.338. The van der Waals surface area contributed by atoms with Gasteiger partial charge in [-0.05, 0) is 42.7 Å². The van der Waals surface area contributed by atoms with Crippen molar-refractivity contribution >= 4 is 43.2 Å². The number of hydrogen-bond acceptors (Lipinski definition) is 5. The summed E-state index contributed by atoms with van der Waals surface area (Å²) in [5.41, 5.74) is 2.29. The smallest absolute Gasteiger partial charge is 0.229 e. The summed E-state index contributed by atoms with van der Waals surface area (Å²) >= 11 is 1.66. The fourth-order valence-electron chi connectivity index (χ4n) is 3.70. The first-order valence-corrected chi connectivity index (χ1v) is 12.4. The molecule has 0 saturated carbocycles. The van der Waals surface area contributed by atoms with Crippen LogP contribution >= 0.6 is 11.3 Å². The standard InChI is InChI=1S/C22H23N3O3S2/c1-30(27,28)25-16-8-6-7-15(13-16)14-23-21(26)17-9-2-3-10-18(17)22-24-19-11-4-5-12-20(19)29-22/h2-8,11-13,17-18,25H,9-10,14H2,1H3,(H,23,26)/t17-,18+/m1/s1. The second-order valence-electron chi connectivity index (χ2n) is 7.47. The Morgan fingerprint density at radius 2 is 1.93 bits per heavy atom. The number of nitrogens with zero attached hydrogens (tertiary/aromatic N) is 1. The first kappa shape index (κ1) is 20.6. The van der Waals surface area contributed by atoms with E-state index in [1.54, 1.807) is 29.5 Å². The highest BCUT2D eigenvalue weighted by Crippen LogP contribution is 2.38.